The van der Waals surface area contributed by atoms with E-state index >= 15 is 0 Å². The van der Waals surface area contributed by atoms with Gasteiger partial charge in [0.15, 0.2) is 5.78 Å². The van der Waals surface area contributed by atoms with E-state index < -0.39 is 0 Å². The molecular formula is C21H24N2O. The maximum atomic E-state index is 12.7. The maximum Gasteiger partial charge on any atom is 0.168 e. The monoisotopic (exact) mass is 320 g/mol. The van der Waals surface area contributed by atoms with E-state index in [-0.39, 0.29) is 11.3 Å². The Balaban J connectivity index is 1.95. The molecule has 1 N–H and O–H groups in total. The fourth-order valence-corrected chi connectivity index (χ4v) is 3.30. The van der Waals surface area contributed by atoms with E-state index in [1.54, 1.807) is 0 Å². The molecule has 24 heavy (non-hydrogen) atoms. The first-order chi connectivity index (χ1) is 11.5. The number of aliphatic imine (C=N–C) groups is 1. The van der Waals surface area contributed by atoms with E-state index in [1.165, 1.54) is 11.1 Å². The van der Waals surface area contributed by atoms with E-state index in [4.69, 9.17) is 4.99 Å². The van der Waals surface area contributed by atoms with Crippen molar-refractivity contribution in [3.05, 3.63) is 70.8 Å². The molecule has 3 heteroatoms. The minimum Gasteiger partial charge on any atom is -0.316 e. The summed E-state index contributed by atoms with van der Waals surface area (Å²) in [5.74, 6) is 0.122. The smallest absolute Gasteiger partial charge is 0.168 e. The summed E-state index contributed by atoms with van der Waals surface area (Å²) in [5.41, 5.74) is 5.13. The summed E-state index contributed by atoms with van der Waals surface area (Å²) in [6.45, 7) is 5.07. The third-order valence-electron chi connectivity index (χ3n) is 4.35. The molecule has 0 radical (unpaired) electrons. The van der Waals surface area contributed by atoms with Crippen LogP contribution in [-0.2, 0) is 13.0 Å². The van der Waals surface area contributed by atoms with Gasteiger partial charge in [0.25, 0.3) is 0 Å². The molecule has 3 nitrogen and oxygen atoms in total. The zero-order chi connectivity index (χ0) is 17.2. The molecule has 0 unspecified atom stereocenters. The van der Waals surface area contributed by atoms with Gasteiger partial charge in [0.1, 0.15) is 0 Å². The largest absolute Gasteiger partial charge is 0.316 e. The lowest BCUT2D eigenvalue weighted by atomic mass is 9.84. The Bertz CT molecular complexity index is 776. The van der Waals surface area contributed by atoms with Crippen LogP contribution in [0.5, 0.6) is 0 Å². The first-order valence-corrected chi connectivity index (χ1v) is 8.42. The molecule has 0 spiro atoms. The molecule has 2 aromatic rings. The third kappa shape index (κ3) is 3.62. The van der Waals surface area contributed by atoms with Crippen LogP contribution < -0.4 is 5.32 Å². The minimum atomic E-state index is -0.163. The summed E-state index contributed by atoms with van der Waals surface area (Å²) in [4.78, 5) is 17.5. The van der Waals surface area contributed by atoms with Crippen LogP contribution in [0.2, 0.25) is 0 Å². The molecule has 1 heterocycles. The first kappa shape index (κ1) is 16.6. The Morgan fingerprint density at radius 1 is 1.17 bits per heavy atom. The quantitative estimate of drug-likeness (QED) is 0.851. The van der Waals surface area contributed by atoms with Gasteiger partial charge in [-0.2, -0.15) is 0 Å². The highest BCUT2D eigenvalue weighted by molar-refractivity contribution is 6.16. The van der Waals surface area contributed by atoms with Gasteiger partial charge in [0.05, 0.1) is 17.7 Å². The van der Waals surface area contributed by atoms with Gasteiger partial charge >= 0.3 is 0 Å². The lowest BCUT2D eigenvalue weighted by molar-refractivity contribution is 0.100. The predicted octanol–water partition coefficient (Wildman–Crippen LogP) is 3.80. The highest BCUT2D eigenvalue weighted by atomic mass is 16.1. The van der Waals surface area contributed by atoms with Crippen LogP contribution >= 0.6 is 0 Å². The molecule has 0 atom stereocenters. The number of ketones is 1. The second-order valence-corrected chi connectivity index (χ2v) is 7.04. The van der Waals surface area contributed by atoms with Crippen molar-refractivity contribution in [3.8, 4) is 0 Å². The average Bonchev–Trinajstić information content (AvgIpc) is 2.55. The number of hydrogen-bond acceptors (Lipinski definition) is 3. The third-order valence-corrected chi connectivity index (χ3v) is 4.35. The lowest BCUT2D eigenvalue weighted by Crippen LogP contribution is -2.30. The van der Waals surface area contributed by atoms with Crippen LogP contribution in [0, 0.1) is 0 Å². The zero-order valence-corrected chi connectivity index (χ0v) is 14.6. The van der Waals surface area contributed by atoms with Crippen molar-refractivity contribution in [3.63, 3.8) is 0 Å². The standard InChI is InChI=1S/C21H24N2O/c1-21(2)13-17-10-9-15(14-22-3)11-18(17)19(23-21)12-20(24)16-7-5-4-6-8-16/h4-11,22H,12-14H2,1-3H3. The van der Waals surface area contributed by atoms with Crippen molar-refractivity contribution in [1.82, 2.24) is 5.32 Å². The van der Waals surface area contributed by atoms with E-state index in [9.17, 15) is 4.79 Å². The second kappa shape index (κ2) is 6.70. The van der Waals surface area contributed by atoms with Crippen LogP contribution in [0.1, 0.15) is 47.3 Å². The topological polar surface area (TPSA) is 41.5 Å². The van der Waals surface area contributed by atoms with Crippen LogP contribution in [0.4, 0.5) is 0 Å². The predicted molar refractivity (Wildman–Crippen MR) is 98.9 cm³/mol. The Kier molecular flexibility index (Phi) is 4.63. The number of rotatable bonds is 5. The van der Waals surface area contributed by atoms with Crippen molar-refractivity contribution in [2.75, 3.05) is 7.05 Å². The Hall–Kier alpha value is -2.26. The highest BCUT2D eigenvalue weighted by Gasteiger charge is 2.28. The number of nitrogens with zero attached hydrogens (tertiary/aromatic N) is 1. The normalized spacial score (nSPS) is 15.5. The van der Waals surface area contributed by atoms with Gasteiger partial charge in [-0.3, -0.25) is 9.79 Å². The fraction of sp³-hybridized carbons (Fsp3) is 0.333. The molecule has 0 saturated heterocycles. The molecule has 0 amide bonds. The molecule has 0 aromatic heterocycles. The zero-order valence-electron chi connectivity index (χ0n) is 14.6. The first-order valence-electron chi connectivity index (χ1n) is 8.42. The van der Waals surface area contributed by atoms with Gasteiger partial charge in [-0.1, -0.05) is 42.5 Å². The minimum absolute atomic E-state index is 0.122. The van der Waals surface area contributed by atoms with Crippen LogP contribution in [0.25, 0.3) is 0 Å². The van der Waals surface area contributed by atoms with Crippen LogP contribution in [0.15, 0.2) is 53.5 Å². The van der Waals surface area contributed by atoms with E-state index in [2.05, 4.69) is 37.4 Å². The van der Waals surface area contributed by atoms with Crippen molar-refractivity contribution in [1.29, 1.82) is 0 Å². The maximum absolute atomic E-state index is 12.7. The molecule has 1 aliphatic heterocycles. The van der Waals surface area contributed by atoms with Crippen LogP contribution in [-0.4, -0.2) is 24.1 Å². The molecule has 0 aliphatic carbocycles. The SMILES string of the molecule is CNCc1ccc2c(c1)C(CC(=O)c1ccccc1)=NC(C)(C)C2. The van der Waals surface area contributed by atoms with Crippen molar-refractivity contribution in [2.45, 2.75) is 38.8 Å². The van der Waals surface area contributed by atoms with Crippen molar-refractivity contribution < 1.29 is 4.79 Å². The summed E-state index contributed by atoms with van der Waals surface area (Å²) in [6, 6.07) is 16.0. The highest BCUT2D eigenvalue weighted by Crippen LogP contribution is 2.29. The number of carbonyl (C=O) groups is 1. The fourth-order valence-electron chi connectivity index (χ4n) is 3.30. The Morgan fingerprint density at radius 2 is 1.92 bits per heavy atom. The van der Waals surface area contributed by atoms with Gasteiger partial charge in [-0.05, 0) is 50.1 Å². The summed E-state index contributed by atoms with van der Waals surface area (Å²) in [5, 5.41) is 3.18. The summed E-state index contributed by atoms with van der Waals surface area (Å²) in [7, 11) is 1.94. The average molecular weight is 320 g/mol. The summed E-state index contributed by atoms with van der Waals surface area (Å²) in [6.07, 6.45) is 1.26. The van der Waals surface area contributed by atoms with Crippen molar-refractivity contribution in [2.24, 2.45) is 4.99 Å². The molecule has 0 fully saturated rings. The number of fused-ring (bicyclic) bond motifs is 1. The Labute approximate surface area is 143 Å². The van der Waals surface area contributed by atoms with Gasteiger partial charge in [-0.15, -0.1) is 0 Å². The van der Waals surface area contributed by atoms with E-state index in [1.807, 2.05) is 37.4 Å². The number of nitrogens with one attached hydrogen (secondary N) is 1. The van der Waals surface area contributed by atoms with E-state index in [0.717, 1.165) is 29.8 Å². The molecule has 0 bridgehead atoms. The molecule has 3 rings (SSSR count). The van der Waals surface area contributed by atoms with Gasteiger partial charge in [0.2, 0.25) is 0 Å². The number of benzene rings is 2. The molecule has 124 valence electrons. The molecule has 1 aliphatic rings. The Morgan fingerprint density at radius 3 is 2.62 bits per heavy atom. The molecule has 2 aromatic carbocycles. The summed E-state index contributed by atoms with van der Waals surface area (Å²) < 4.78 is 0. The van der Waals surface area contributed by atoms with Gasteiger partial charge in [-0.25, -0.2) is 0 Å². The number of hydrogen-bond donors (Lipinski definition) is 1. The lowest BCUT2D eigenvalue weighted by Gasteiger charge is -2.29. The van der Waals surface area contributed by atoms with Gasteiger partial charge in [0, 0.05) is 12.1 Å². The van der Waals surface area contributed by atoms with Crippen LogP contribution in [0.3, 0.4) is 0 Å². The number of Topliss-reactive ketones (excluding diaryl/α,β-unsaturated/α-hetero) is 1. The van der Waals surface area contributed by atoms with E-state index in [0.29, 0.717) is 6.42 Å². The van der Waals surface area contributed by atoms with Gasteiger partial charge < -0.3 is 5.32 Å². The molecular weight excluding hydrogens is 296 g/mol. The molecule has 0 saturated carbocycles. The number of carbonyl (C=O) groups excluding carboxylic acids is 1. The second-order valence-electron chi connectivity index (χ2n) is 7.04. The summed E-state index contributed by atoms with van der Waals surface area (Å²) >= 11 is 0. The van der Waals surface area contributed by atoms with Crippen molar-refractivity contribution >= 4 is 11.5 Å².